The fraction of sp³-hybridized carbons (Fsp3) is 0.528. The van der Waals surface area contributed by atoms with Crippen molar-refractivity contribution in [3.8, 4) is 5.75 Å². The Morgan fingerprint density at radius 2 is 2.07 bits per heavy atom. The van der Waals surface area contributed by atoms with Crippen LogP contribution >= 0.6 is 23.4 Å². The van der Waals surface area contributed by atoms with Gasteiger partial charge in [0.1, 0.15) is 5.75 Å². The van der Waals surface area contributed by atoms with E-state index in [1.54, 1.807) is 36.3 Å². The number of carboxylic acid groups (broad SMARTS) is 1. The molecular weight excluding hydrogens is 622 g/mol. The molecule has 3 aromatic rings. The van der Waals surface area contributed by atoms with Crippen molar-refractivity contribution in [2.24, 2.45) is 11.8 Å². The summed E-state index contributed by atoms with van der Waals surface area (Å²) in [5.74, 6) is 1.53. The van der Waals surface area contributed by atoms with Crippen LogP contribution in [0.1, 0.15) is 66.9 Å². The summed E-state index contributed by atoms with van der Waals surface area (Å²) in [5, 5.41) is 11.4. The molecule has 1 spiro atoms. The monoisotopic (exact) mass is 663 g/mol. The van der Waals surface area contributed by atoms with Gasteiger partial charge >= 0.3 is 5.97 Å². The van der Waals surface area contributed by atoms with Crippen molar-refractivity contribution in [2.75, 3.05) is 37.0 Å². The molecule has 1 saturated heterocycles. The summed E-state index contributed by atoms with van der Waals surface area (Å²) in [6, 6.07) is 13.4. The van der Waals surface area contributed by atoms with Gasteiger partial charge in [0.2, 0.25) is 0 Å². The third kappa shape index (κ3) is 6.75. The molecule has 1 saturated carbocycles. The number of carbonyl (C=O) groups is 1. The van der Waals surface area contributed by atoms with E-state index >= 15 is 0 Å². The summed E-state index contributed by atoms with van der Waals surface area (Å²) < 4.78 is 19.5. The van der Waals surface area contributed by atoms with Gasteiger partial charge < -0.3 is 24.2 Å². The molecule has 2 fully saturated rings. The number of rotatable bonds is 9. The Bertz CT molecular complexity index is 1550. The zero-order valence-corrected chi connectivity index (χ0v) is 27.8. The highest BCUT2D eigenvalue weighted by atomic mass is 35.5. The standard InChI is InChI=1S/C36H42ClN3O5S/c1-23(20-46-35-38-13-3-14-39-35)45-28-11-15-43-33(18-28)29-8-5-26(29)19-40-21-36(12-2-4-24-16-27(37)7-9-30(24)36)22-44-32-10-6-25(34(41)42)17-31(32)40/h3,6-7,9-10,13-14,16-17,23,26,28-29,33H,2,4-5,8,11-12,15,18-22H2,1H3,(H,41,42)/t23?,26-,28+,29+,33-,36?/m0/s1. The third-order valence-corrected chi connectivity index (χ3v) is 11.7. The van der Waals surface area contributed by atoms with Gasteiger partial charge in [-0.2, -0.15) is 0 Å². The molecule has 2 aliphatic carbocycles. The molecule has 1 aromatic heterocycles. The fourth-order valence-corrected chi connectivity index (χ4v) is 8.91. The van der Waals surface area contributed by atoms with E-state index in [-0.39, 0.29) is 29.3 Å². The highest BCUT2D eigenvalue weighted by Gasteiger charge is 2.45. The number of halogens is 1. The van der Waals surface area contributed by atoms with Crippen molar-refractivity contribution < 1.29 is 24.1 Å². The molecule has 7 rings (SSSR count). The van der Waals surface area contributed by atoms with Gasteiger partial charge in [0, 0.05) is 54.7 Å². The summed E-state index contributed by atoms with van der Waals surface area (Å²) >= 11 is 8.05. The maximum atomic E-state index is 12.0. The van der Waals surface area contributed by atoms with Crippen molar-refractivity contribution in [1.82, 2.24) is 9.97 Å². The van der Waals surface area contributed by atoms with Crippen LogP contribution in [0.5, 0.6) is 5.75 Å². The van der Waals surface area contributed by atoms with E-state index in [4.69, 9.17) is 25.8 Å². The molecule has 6 atom stereocenters. The lowest BCUT2D eigenvalue weighted by Gasteiger charge is -2.48. The van der Waals surface area contributed by atoms with Crippen LogP contribution in [0.2, 0.25) is 5.02 Å². The Balaban J connectivity index is 1.07. The minimum Gasteiger partial charge on any atom is -0.490 e. The third-order valence-electron chi connectivity index (χ3n) is 10.4. The van der Waals surface area contributed by atoms with Crippen LogP contribution in [0.15, 0.2) is 60.0 Å². The Morgan fingerprint density at radius 1 is 1.20 bits per heavy atom. The van der Waals surface area contributed by atoms with Crippen LogP contribution in [0.25, 0.3) is 0 Å². The number of benzene rings is 2. The quantitative estimate of drug-likeness (QED) is 0.191. The van der Waals surface area contributed by atoms with Crippen molar-refractivity contribution in [2.45, 2.75) is 80.8 Å². The number of nitrogens with zero attached hydrogens (tertiary/aromatic N) is 3. The molecule has 1 N–H and O–H groups in total. The van der Waals surface area contributed by atoms with Crippen LogP contribution in [-0.2, 0) is 21.3 Å². The van der Waals surface area contributed by atoms with Crippen LogP contribution in [-0.4, -0.2) is 71.4 Å². The summed E-state index contributed by atoms with van der Waals surface area (Å²) in [6.45, 7) is 5.01. The zero-order chi connectivity index (χ0) is 31.7. The van der Waals surface area contributed by atoms with Gasteiger partial charge in [-0.1, -0.05) is 29.4 Å². The summed E-state index contributed by atoms with van der Waals surface area (Å²) in [5.41, 5.74) is 3.57. The van der Waals surface area contributed by atoms with Crippen LogP contribution in [0.3, 0.4) is 0 Å². The number of aryl methyl sites for hydroxylation is 1. The minimum absolute atomic E-state index is 0.0937. The number of thioether (sulfide) groups is 1. The largest absolute Gasteiger partial charge is 0.490 e. The number of hydrogen-bond acceptors (Lipinski definition) is 8. The van der Waals surface area contributed by atoms with Crippen molar-refractivity contribution in [3.63, 3.8) is 0 Å². The number of aromatic carboxylic acids is 1. The molecule has 2 aromatic carbocycles. The number of carboxylic acids is 1. The lowest BCUT2D eigenvalue weighted by atomic mass is 9.67. The first-order chi connectivity index (χ1) is 22.4. The Morgan fingerprint density at radius 3 is 2.87 bits per heavy atom. The van der Waals surface area contributed by atoms with Crippen LogP contribution in [0.4, 0.5) is 5.69 Å². The predicted molar refractivity (Wildman–Crippen MR) is 179 cm³/mol. The molecule has 0 amide bonds. The van der Waals surface area contributed by atoms with Gasteiger partial charge in [0.15, 0.2) is 5.16 Å². The van der Waals surface area contributed by atoms with Gasteiger partial charge in [-0.05, 0) is 105 Å². The van der Waals surface area contributed by atoms with Gasteiger partial charge in [-0.15, -0.1) is 0 Å². The lowest BCUT2D eigenvalue weighted by molar-refractivity contribution is -0.126. The van der Waals surface area contributed by atoms with Crippen LogP contribution < -0.4 is 9.64 Å². The van der Waals surface area contributed by atoms with E-state index in [9.17, 15) is 9.90 Å². The van der Waals surface area contributed by atoms with E-state index in [0.717, 1.165) is 85.4 Å². The highest BCUT2D eigenvalue weighted by Crippen LogP contribution is 2.47. The molecular formula is C36H42ClN3O5S. The molecule has 0 bridgehead atoms. The average Bonchev–Trinajstić information content (AvgIpc) is 3.19. The van der Waals surface area contributed by atoms with E-state index in [0.29, 0.717) is 25.0 Å². The summed E-state index contributed by atoms with van der Waals surface area (Å²) in [4.78, 5) is 23.1. The normalized spacial score (nSPS) is 27.9. The Hall–Kier alpha value is -2.85. The van der Waals surface area contributed by atoms with Crippen LogP contribution in [0, 0.1) is 11.8 Å². The second-order valence-corrected chi connectivity index (χ2v) is 14.9. The van der Waals surface area contributed by atoms with E-state index in [1.807, 2.05) is 18.2 Å². The molecule has 46 heavy (non-hydrogen) atoms. The first-order valence-corrected chi connectivity index (χ1v) is 17.9. The topological polar surface area (TPSA) is 94.0 Å². The second-order valence-electron chi connectivity index (χ2n) is 13.4. The molecule has 10 heteroatoms. The highest BCUT2D eigenvalue weighted by molar-refractivity contribution is 7.99. The molecule has 2 aliphatic heterocycles. The zero-order valence-electron chi connectivity index (χ0n) is 26.3. The molecule has 8 nitrogen and oxygen atoms in total. The molecule has 0 radical (unpaired) electrons. The number of ether oxygens (including phenoxy) is 3. The Labute approximate surface area is 280 Å². The number of fused-ring (bicyclic) bond motifs is 3. The predicted octanol–water partition coefficient (Wildman–Crippen LogP) is 7.07. The van der Waals surface area contributed by atoms with E-state index in [1.165, 1.54) is 11.1 Å². The van der Waals surface area contributed by atoms with Gasteiger partial charge in [0.05, 0.1) is 36.2 Å². The van der Waals surface area contributed by atoms with Gasteiger partial charge in [0.25, 0.3) is 0 Å². The average molecular weight is 664 g/mol. The first kappa shape index (κ1) is 31.7. The van der Waals surface area contributed by atoms with E-state index < -0.39 is 5.97 Å². The SMILES string of the molecule is CC(CSc1ncccn1)O[C@@H]1CCO[C@H]([C@@H]2CC[C@H]2CN2CC3(CCCc4cc(Cl)ccc43)COc3ccc(C(=O)O)cc32)C1. The first-order valence-electron chi connectivity index (χ1n) is 16.6. The van der Waals surface area contributed by atoms with Gasteiger partial charge in [-0.3, -0.25) is 0 Å². The maximum Gasteiger partial charge on any atom is 0.335 e. The number of hydrogen-bond donors (Lipinski definition) is 1. The fourth-order valence-electron chi connectivity index (χ4n) is 7.98. The smallest absolute Gasteiger partial charge is 0.335 e. The molecule has 244 valence electrons. The molecule has 2 unspecified atom stereocenters. The summed E-state index contributed by atoms with van der Waals surface area (Å²) in [7, 11) is 0. The van der Waals surface area contributed by atoms with Crippen molar-refractivity contribution in [1.29, 1.82) is 0 Å². The van der Waals surface area contributed by atoms with E-state index in [2.05, 4.69) is 33.9 Å². The van der Waals surface area contributed by atoms with Gasteiger partial charge in [-0.25, -0.2) is 14.8 Å². The molecule has 3 heterocycles. The molecule has 4 aliphatic rings. The number of aromatic nitrogens is 2. The maximum absolute atomic E-state index is 12.0. The van der Waals surface area contributed by atoms with Crippen molar-refractivity contribution >= 4 is 35.0 Å². The number of anilines is 1. The lowest BCUT2D eigenvalue weighted by Crippen LogP contribution is -2.51. The minimum atomic E-state index is -0.925. The van der Waals surface area contributed by atoms with Crippen molar-refractivity contribution in [3.05, 3.63) is 76.6 Å². The summed E-state index contributed by atoms with van der Waals surface area (Å²) in [6.07, 6.45) is 11.1. The second kappa shape index (κ2) is 13.7. The Kier molecular flexibility index (Phi) is 9.46.